The van der Waals surface area contributed by atoms with E-state index in [9.17, 15) is 19.0 Å². The van der Waals surface area contributed by atoms with Gasteiger partial charge in [-0.1, -0.05) is 205 Å². The Hall–Kier alpha value is -3.85. The van der Waals surface area contributed by atoms with Gasteiger partial charge in [0.05, 0.1) is 13.2 Å². The summed E-state index contributed by atoms with van der Waals surface area (Å²) in [5.74, 6) is -0.899. The first-order valence-electron chi connectivity index (χ1n) is 27.2. The molecule has 0 rings (SSSR count). The van der Waals surface area contributed by atoms with Crippen LogP contribution in [0.3, 0.4) is 0 Å². The molecule has 0 aliphatic carbocycles. The quantitative estimate of drug-likeness (QED) is 0.0264. The van der Waals surface area contributed by atoms with E-state index in [2.05, 4.69) is 148 Å². The van der Waals surface area contributed by atoms with Crippen LogP contribution in [0.2, 0.25) is 0 Å². The number of hydrogen-bond acceptors (Lipinski definition) is 8. The van der Waals surface area contributed by atoms with Crippen molar-refractivity contribution < 1.29 is 37.6 Å². The van der Waals surface area contributed by atoms with Gasteiger partial charge in [0.2, 0.25) is 0 Å². The Bertz CT molecular complexity index is 1600. The molecule has 0 fully saturated rings. The number of allylic oxidation sites excluding steroid dienone is 22. The van der Waals surface area contributed by atoms with Crippen molar-refractivity contribution in [3.63, 3.8) is 0 Å². The largest absolute Gasteiger partial charge is 0.472 e. The van der Waals surface area contributed by atoms with Gasteiger partial charge in [-0.15, -0.1) is 0 Å². The third kappa shape index (κ3) is 53.5. The zero-order valence-electron chi connectivity index (χ0n) is 43.9. The van der Waals surface area contributed by atoms with Crippen LogP contribution in [0, 0.1) is 0 Å². The first-order chi connectivity index (χ1) is 34.3. The van der Waals surface area contributed by atoms with E-state index in [0.29, 0.717) is 12.8 Å². The van der Waals surface area contributed by atoms with Crippen molar-refractivity contribution >= 4 is 19.8 Å². The Morgan fingerprint density at radius 2 is 0.786 bits per heavy atom. The lowest BCUT2D eigenvalue weighted by Crippen LogP contribution is -2.29. The fourth-order valence-corrected chi connectivity index (χ4v) is 7.54. The number of ether oxygens (including phenoxy) is 2. The van der Waals surface area contributed by atoms with Crippen LogP contribution in [0.15, 0.2) is 134 Å². The van der Waals surface area contributed by atoms with Crippen LogP contribution in [0.4, 0.5) is 0 Å². The third-order valence-electron chi connectivity index (χ3n) is 10.8. The van der Waals surface area contributed by atoms with Crippen LogP contribution >= 0.6 is 7.82 Å². The summed E-state index contributed by atoms with van der Waals surface area (Å²) in [5.41, 5.74) is 5.36. The second-order valence-corrected chi connectivity index (χ2v) is 18.8. The molecule has 3 N–H and O–H groups in total. The lowest BCUT2D eigenvalue weighted by molar-refractivity contribution is -0.161. The van der Waals surface area contributed by atoms with E-state index < -0.39 is 32.5 Å². The molecule has 2 unspecified atom stereocenters. The highest BCUT2D eigenvalue weighted by Crippen LogP contribution is 2.43. The smallest absolute Gasteiger partial charge is 0.462 e. The predicted molar refractivity (Wildman–Crippen MR) is 297 cm³/mol. The van der Waals surface area contributed by atoms with E-state index in [4.69, 9.17) is 24.3 Å². The molecule has 2 atom stereocenters. The van der Waals surface area contributed by atoms with E-state index in [1.54, 1.807) is 0 Å². The van der Waals surface area contributed by atoms with Gasteiger partial charge in [0.15, 0.2) is 6.10 Å². The zero-order valence-corrected chi connectivity index (χ0v) is 44.8. The van der Waals surface area contributed by atoms with Crippen molar-refractivity contribution in [3.8, 4) is 0 Å². The van der Waals surface area contributed by atoms with Crippen molar-refractivity contribution in [1.82, 2.24) is 0 Å². The number of unbranched alkanes of at least 4 members (excludes halogenated alkanes) is 14. The van der Waals surface area contributed by atoms with Crippen molar-refractivity contribution in [2.75, 3.05) is 26.4 Å². The van der Waals surface area contributed by atoms with E-state index >= 15 is 0 Å². The summed E-state index contributed by atoms with van der Waals surface area (Å²) in [6.45, 7) is 3.54. The average Bonchev–Trinajstić information content (AvgIpc) is 3.35. The van der Waals surface area contributed by atoms with Gasteiger partial charge >= 0.3 is 19.8 Å². The number of carbonyl (C=O) groups excluding carboxylic acids is 2. The van der Waals surface area contributed by atoms with Crippen molar-refractivity contribution in [1.29, 1.82) is 0 Å². The molecule has 0 spiro atoms. The maximum Gasteiger partial charge on any atom is 0.472 e. The molecule has 0 amide bonds. The molecule has 0 aliphatic rings. The summed E-state index contributed by atoms with van der Waals surface area (Å²) in [6, 6.07) is 0. The van der Waals surface area contributed by atoms with Crippen molar-refractivity contribution in [2.24, 2.45) is 5.73 Å². The van der Waals surface area contributed by atoms with E-state index in [-0.39, 0.29) is 32.6 Å². The van der Waals surface area contributed by atoms with Gasteiger partial charge < -0.3 is 20.1 Å². The molecule has 0 saturated carbocycles. The first kappa shape index (κ1) is 66.2. The van der Waals surface area contributed by atoms with E-state index in [1.165, 1.54) is 51.4 Å². The lowest BCUT2D eigenvalue weighted by Gasteiger charge is -2.19. The SMILES string of the molecule is CC/C=C\C/C=C\C/C=C\C/C=C\C/C=C\C/C=C\C/C=C\C/C=C\C/C=C\C/C=C\CCCCC(=O)OC(COC(=O)CCCCCCC/C=C\CCCCCCCCC)COP(=O)(O)OCCN. The summed E-state index contributed by atoms with van der Waals surface area (Å²) in [7, 11) is -4.41. The van der Waals surface area contributed by atoms with Gasteiger partial charge in [0.25, 0.3) is 0 Å². The molecule has 0 bridgehead atoms. The monoisotopic (exact) mass is 992 g/mol. The fraction of sp³-hybridized carbons (Fsp3) is 0.600. The van der Waals surface area contributed by atoms with Crippen LogP contribution in [-0.2, 0) is 32.7 Å². The molecule has 70 heavy (non-hydrogen) atoms. The molecule has 0 aliphatic heterocycles. The van der Waals surface area contributed by atoms with Crippen molar-refractivity contribution in [2.45, 2.75) is 206 Å². The molecule has 10 heteroatoms. The van der Waals surface area contributed by atoms with Crippen LogP contribution in [0.1, 0.15) is 200 Å². The maximum atomic E-state index is 12.7. The second-order valence-electron chi connectivity index (χ2n) is 17.4. The molecule has 0 aromatic rings. The van der Waals surface area contributed by atoms with Crippen LogP contribution in [0.25, 0.3) is 0 Å². The minimum atomic E-state index is -4.41. The van der Waals surface area contributed by atoms with Gasteiger partial charge in [-0.05, 0) is 116 Å². The topological polar surface area (TPSA) is 134 Å². The molecule has 396 valence electrons. The molecule has 0 aromatic heterocycles. The van der Waals surface area contributed by atoms with Crippen LogP contribution in [0.5, 0.6) is 0 Å². The summed E-state index contributed by atoms with van der Waals surface area (Å²) >= 11 is 0. The fourth-order valence-electron chi connectivity index (χ4n) is 6.77. The number of phosphoric ester groups is 1. The maximum absolute atomic E-state index is 12.7. The molecule has 0 heterocycles. The number of nitrogens with two attached hydrogens (primary N) is 1. The summed E-state index contributed by atoms with van der Waals surface area (Å²) in [5, 5.41) is 0. The summed E-state index contributed by atoms with van der Waals surface area (Å²) in [6.07, 6.45) is 76.4. The zero-order chi connectivity index (χ0) is 51.0. The third-order valence-corrected chi connectivity index (χ3v) is 11.8. The Kier molecular flexibility index (Phi) is 51.5. The van der Waals surface area contributed by atoms with Crippen LogP contribution in [-0.4, -0.2) is 49.3 Å². The summed E-state index contributed by atoms with van der Waals surface area (Å²) < 4.78 is 32.9. The van der Waals surface area contributed by atoms with E-state index in [1.807, 2.05) is 0 Å². The summed E-state index contributed by atoms with van der Waals surface area (Å²) in [4.78, 5) is 35.1. The minimum Gasteiger partial charge on any atom is -0.462 e. The number of hydrogen-bond donors (Lipinski definition) is 2. The minimum absolute atomic E-state index is 0.0378. The number of carbonyl (C=O) groups is 2. The van der Waals surface area contributed by atoms with Gasteiger partial charge in [-0.25, -0.2) is 4.57 Å². The molecule has 0 radical (unpaired) electrons. The standard InChI is InChI=1S/C60H98NO8P/c1-3-5-7-9-11-13-15-17-19-21-22-23-24-25-26-27-28-29-30-31-32-33-34-35-36-37-39-41-43-45-47-49-51-53-60(63)69-58(57-68-70(64,65)67-55-54-61)56-66-59(62)52-50-48-46-44-42-40-38-20-18-16-14-12-10-8-6-4-2/h5,7,11,13,17,19-20,22-23,25-26,28-29,31-32,34-35,37-39,43,45,58H,3-4,6,8-10,12,14-16,18,21,24,27,30,33,36,40-42,44,46-57,61H2,1-2H3,(H,64,65)/b7-5-,13-11-,19-17-,23-22-,26-25-,29-28-,32-31-,35-34-,38-20-,39-37-,45-43-. The van der Waals surface area contributed by atoms with Gasteiger partial charge in [-0.2, -0.15) is 0 Å². The highest BCUT2D eigenvalue weighted by molar-refractivity contribution is 7.47. The Morgan fingerprint density at radius 1 is 0.443 bits per heavy atom. The normalized spacial score (nSPS) is 14.2. The predicted octanol–water partition coefficient (Wildman–Crippen LogP) is 17.0. The number of rotatable bonds is 49. The first-order valence-corrected chi connectivity index (χ1v) is 28.7. The Morgan fingerprint density at radius 3 is 1.21 bits per heavy atom. The molecule has 0 aromatic carbocycles. The lowest BCUT2D eigenvalue weighted by atomic mass is 10.1. The van der Waals surface area contributed by atoms with E-state index in [0.717, 1.165) is 109 Å². The second kappa shape index (κ2) is 54.5. The highest BCUT2D eigenvalue weighted by atomic mass is 31.2. The Labute approximate surface area is 427 Å². The average molecular weight is 992 g/mol. The molecular formula is C60H98NO8P. The highest BCUT2D eigenvalue weighted by Gasteiger charge is 2.26. The molecular weight excluding hydrogens is 894 g/mol. The number of esters is 2. The van der Waals surface area contributed by atoms with Gasteiger partial charge in [0, 0.05) is 19.4 Å². The number of phosphoric acid groups is 1. The van der Waals surface area contributed by atoms with Crippen LogP contribution < -0.4 is 5.73 Å². The molecule has 0 saturated heterocycles. The Balaban J connectivity index is 4.16. The van der Waals surface area contributed by atoms with Gasteiger partial charge in [-0.3, -0.25) is 18.6 Å². The van der Waals surface area contributed by atoms with Crippen molar-refractivity contribution in [3.05, 3.63) is 134 Å². The van der Waals surface area contributed by atoms with Gasteiger partial charge in [0.1, 0.15) is 6.61 Å². The molecule has 9 nitrogen and oxygen atoms in total.